The van der Waals surface area contributed by atoms with E-state index in [4.69, 9.17) is 0 Å². The third kappa shape index (κ3) is 2.69. The fourth-order valence-corrected chi connectivity index (χ4v) is 1.04. The summed E-state index contributed by atoms with van der Waals surface area (Å²) in [6.45, 7) is 5.13. The van der Waals surface area contributed by atoms with Gasteiger partial charge in [0.15, 0.2) is 0 Å². The number of carbonyl (C=O) groups excluding carboxylic acids is 1. The maximum Gasteiger partial charge on any atom is 0.223 e. The lowest BCUT2D eigenvalue weighted by Crippen LogP contribution is -2.39. The minimum absolute atomic E-state index is 0.319. The molecule has 0 fully saturated rings. The number of aliphatic carboxylic acids is 1. The number of nitrogens with one attached hydrogen (secondary N) is 1. The highest BCUT2D eigenvalue weighted by Crippen LogP contribution is 2.04. The van der Waals surface area contributed by atoms with Crippen molar-refractivity contribution in [3.8, 4) is 0 Å². The van der Waals surface area contributed by atoms with Gasteiger partial charge >= 0.3 is 0 Å². The van der Waals surface area contributed by atoms with Gasteiger partial charge in [-0.25, -0.2) is 9.97 Å². The molecule has 1 N–H and O–H groups in total. The van der Waals surface area contributed by atoms with E-state index in [1.807, 2.05) is 19.9 Å². The van der Waals surface area contributed by atoms with E-state index in [0.29, 0.717) is 5.95 Å². The Balaban J connectivity index is 2.81. The van der Waals surface area contributed by atoms with E-state index in [0.717, 1.165) is 11.4 Å². The van der Waals surface area contributed by atoms with E-state index >= 15 is 0 Å². The molecule has 1 atom stereocenters. The van der Waals surface area contributed by atoms with Crippen LogP contribution in [0.25, 0.3) is 0 Å². The molecule has 0 radical (unpaired) electrons. The number of anilines is 1. The van der Waals surface area contributed by atoms with Gasteiger partial charge in [0.2, 0.25) is 5.95 Å². The van der Waals surface area contributed by atoms with Crippen molar-refractivity contribution < 1.29 is 9.90 Å². The second-order valence-electron chi connectivity index (χ2n) is 3.16. The average Bonchev–Trinajstić information content (AvgIpc) is 2.01. The summed E-state index contributed by atoms with van der Waals surface area (Å²) in [6.07, 6.45) is 0. The van der Waals surface area contributed by atoms with Crippen LogP contribution in [0.1, 0.15) is 18.3 Å². The molecule has 1 aromatic heterocycles. The summed E-state index contributed by atoms with van der Waals surface area (Å²) in [5, 5.41) is 13.1. The zero-order chi connectivity index (χ0) is 10.7. The Morgan fingerprint density at radius 3 is 2.36 bits per heavy atom. The first kappa shape index (κ1) is 10.4. The van der Waals surface area contributed by atoms with Crippen LogP contribution in [0.15, 0.2) is 6.07 Å². The molecule has 14 heavy (non-hydrogen) atoms. The van der Waals surface area contributed by atoms with E-state index in [9.17, 15) is 9.90 Å². The van der Waals surface area contributed by atoms with Crippen LogP contribution in [0.3, 0.4) is 0 Å². The smallest absolute Gasteiger partial charge is 0.223 e. The van der Waals surface area contributed by atoms with E-state index in [2.05, 4.69) is 15.3 Å². The summed E-state index contributed by atoms with van der Waals surface area (Å²) >= 11 is 0. The minimum atomic E-state index is -1.17. The molecular weight excluding hydrogens is 182 g/mol. The summed E-state index contributed by atoms with van der Waals surface area (Å²) in [5.74, 6) is -0.855. The number of hydrogen-bond donors (Lipinski definition) is 1. The number of carboxylic acid groups (broad SMARTS) is 1. The van der Waals surface area contributed by atoms with Crippen molar-refractivity contribution in [1.29, 1.82) is 0 Å². The molecule has 0 aliphatic rings. The molecule has 0 spiro atoms. The molecule has 5 heteroatoms. The first-order valence-electron chi connectivity index (χ1n) is 4.28. The van der Waals surface area contributed by atoms with Gasteiger partial charge in [0.25, 0.3) is 0 Å². The lowest BCUT2D eigenvalue weighted by molar-refractivity contribution is -0.306. The minimum Gasteiger partial charge on any atom is -0.548 e. The summed E-state index contributed by atoms with van der Waals surface area (Å²) in [4.78, 5) is 18.5. The second-order valence-corrected chi connectivity index (χ2v) is 3.16. The molecule has 0 aliphatic carbocycles. The largest absolute Gasteiger partial charge is 0.548 e. The molecule has 0 unspecified atom stereocenters. The standard InChI is InChI=1S/C9H13N3O2/c1-5-4-6(2)11-9(10-5)12-7(3)8(13)14/h4,7H,1-3H3,(H,13,14)(H,10,11,12)/p-1/t7-/m0/s1. The van der Waals surface area contributed by atoms with Crippen molar-refractivity contribution in [2.75, 3.05) is 5.32 Å². The monoisotopic (exact) mass is 194 g/mol. The predicted octanol–water partition coefficient (Wildman–Crippen LogP) is -0.356. The lowest BCUT2D eigenvalue weighted by Gasteiger charge is -2.14. The molecule has 76 valence electrons. The van der Waals surface area contributed by atoms with Gasteiger partial charge in [-0.15, -0.1) is 0 Å². The summed E-state index contributed by atoms with van der Waals surface area (Å²) in [5.41, 5.74) is 1.59. The summed E-state index contributed by atoms with van der Waals surface area (Å²) in [7, 11) is 0. The number of carboxylic acids is 1. The van der Waals surface area contributed by atoms with Crippen molar-refractivity contribution in [2.24, 2.45) is 0 Å². The SMILES string of the molecule is Cc1cc(C)nc(N[C@@H](C)C(=O)[O-])n1. The number of aryl methyl sites for hydroxylation is 2. The van der Waals surface area contributed by atoms with Crippen LogP contribution in [0.4, 0.5) is 5.95 Å². The number of hydrogen-bond acceptors (Lipinski definition) is 5. The predicted molar refractivity (Wildman–Crippen MR) is 49.6 cm³/mol. The van der Waals surface area contributed by atoms with Crippen LogP contribution in [0, 0.1) is 13.8 Å². The van der Waals surface area contributed by atoms with Crippen LogP contribution in [0.5, 0.6) is 0 Å². The third-order valence-electron chi connectivity index (χ3n) is 1.68. The number of nitrogens with zero attached hydrogens (tertiary/aromatic N) is 2. The molecule has 0 bridgehead atoms. The fraction of sp³-hybridized carbons (Fsp3) is 0.444. The molecule has 0 saturated carbocycles. The average molecular weight is 194 g/mol. The maximum atomic E-state index is 10.4. The highest BCUT2D eigenvalue weighted by molar-refractivity contribution is 5.73. The Kier molecular flexibility index (Phi) is 3.01. The van der Waals surface area contributed by atoms with Gasteiger partial charge in [-0.05, 0) is 26.8 Å². The Labute approximate surface area is 82.2 Å². The highest BCUT2D eigenvalue weighted by atomic mass is 16.4. The Bertz CT molecular complexity index is 332. The number of carbonyl (C=O) groups is 1. The van der Waals surface area contributed by atoms with Crippen molar-refractivity contribution in [3.05, 3.63) is 17.5 Å². The summed E-state index contributed by atoms with van der Waals surface area (Å²) < 4.78 is 0. The molecule has 0 aromatic carbocycles. The van der Waals surface area contributed by atoms with Gasteiger partial charge in [-0.1, -0.05) is 0 Å². The molecule has 0 saturated heterocycles. The van der Waals surface area contributed by atoms with E-state index in [-0.39, 0.29) is 0 Å². The van der Waals surface area contributed by atoms with Gasteiger partial charge in [0, 0.05) is 11.4 Å². The van der Waals surface area contributed by atoms with Crippen molar-refractivity contribution in [2.45, 2.75) is 26.8 Å². The Hall–Kier alpha value is -1.65. The van der Waals surface area contributed by atoms with Crippen molar-refractivity contribution in [1.82, 2.24) is 9.97 Å². The van der Waals surface area contributed by atoms with E-state index < -0.39 is 12.0 Å². The van der Waals surface area contributed by atoms with Gasteiger partial charge in [0.05, 0.1) is 12.0 Å². The van der Waals surface area contributed by atoms with Crippen LogP contribution < -0.4 is 10.4 Å². The first-order chi connectivity index (χ1) is 6.49. The zero-order valence-corrected chi connectivity index (χ0v) is 8.37. The third-order valence-corrected chi connectivity index (χ3v) is 1.68. The lowest BCUT2D eigenvalue weighted by atomic mass is 10.3. The van der Waals surface area contributed by atoms with Crippen LogP contribution in [-0.4, -0.2) is 22.0 Å². The quantitative estimate of drug-likeness (QED) is 0.711. The topological polar surface area (TPSA) is 77.9 Å². The highest BCUT2D eigenvalue weighted by Gasteiger charge is 2.05. The van der Waals surface area contributed by atoms with E-state index in [1.54, 1.807) is 0 Å². The first-order valence-corrected chi connectivity index (χ1v) is 4.28. The van der Waals surface area contributed by atoms with Crippen LogP contribution in [-0.2, 0) is 4.79 Å². The Morgan fingerprint density at radius 1 is 1.43 bits per heavy atom. The molecule has 5 nitrogen and oxygen atoms in total. The normalized spacial score (nSPS) is 12.2. The zero-order valence-electron chi connectivity index (χ0n) is 8.37. The molecule has 0 amide bonds. The molecular formula is C9H12N3O2-. The molecule has 1 heterocycles. The van der Waals surface area contributed by atoms with Gasteiger partial charge in [-0.3, -0.25) is 0 Å². The van der Waals surface area contributed by atoms with Crippen molar-refractivity contribution >= 4 is 11.9 Å². The second kappa shape index (κ2) is 4.04. The van der Waals surface area contributed by atoms with Gasteiger partial charge < -0.3 is 15.2 Å². The Morgan fingerprint density at radius 2 is 1.93 bits per heavy atom. The van der Waals surface area contributed by atoms with Gasteiger partial charge in [-0.2, -0.15) is 0 Å². The van der Waals surface area contributed by atoms with Crippen LogP contribution >= 0.6 is 0 Å². The molecule has 0 aliphatic heterocycles. The molecule has 1 aromatic rings. The fourth-order valence-electron chi connectivity index (χ4n) is 1.04. The number of aromatic nitrogens is 2. The molecule has 1 rings (SSSR count). The summed E-state index contributed by atoms with van der Waals surface area (Å²) in [6, 6.07) is 1.02. The van der Waals surface area contributed by atoms with Gasteiger partial charge in [0.1, 0.15) is 0 Å². The van der Waals surface area contributed by atoms with Crippen molar-refractivity contribution in [3.63, 3.8) is 0 Å². The van der Waals surface area contributed by atoms with E-state index in [1.165, 1.54) is 6.92 Å². The maximum absolute atomic E-state index is 10.4. The van der Waals surface area contributed by atoms with Crippen LogP contribution in [0.2, 0.25) is 0 Å². The number of rotatable bonds is 3.